The van der Waals surface area contributed by atoms with Crippen molar-refractivity contribution in [1.29, 1.82) is 0 Å². The third-order valence-electron chi connectivity index (χ3n) is 15.5. The third kappa shape index (κ3) is 65.7. The maximum Gasteiger partial charge on any atom is 0.309 e. The fourth-order valence-electron chi connectivity index (χ4n) is 10.3. The Bertz CT molecular complexity index is 1470. The Balaban J connectivity index is 4.27. The van der Waals surface area contributed by atoms with Crippen molar-refractivity contribution in [1.82, 2.24) is 0 Å². The van der Waals surface area contributed by atoms with Crippen LogP contribution in [0.4, 0.5) is 0 Å². The zero-order chi connectivity index (χ0) is 57.8. The summed E-state index contributed by atoms with van der Waals surface area (Å²) in [5.41, 5.74) is 0. The molecule has 1 atom stereocenters. The maximum atomic E-state index is 12.9. The molecule has 0 aliphatic heterocycles. The molecular formula is C74H132O6. The zero-order valence-electron chi connectivity index (χ0n) is 53.3. The summed E-state index contributed by atoms with van der Waals surface area (Å²) in [5, 5.41) is 0. The fraction of sp³-hybridized carbons (Fsp3) is 0.797. The number of unbranched alkanes of at least 4 members (excludes halogenated alkanes) is 42. The first kappa shape index (κ1) is 76.9. The normalized spacial score (nSPS) is 12.5. The highest BCUT2D eigenvalue weighted by Gasteiger charge is 2.19. The predicted octanol–water partition coefficient (Wildman–Crippen LogP) is 24.1. The minimum Gasteiger partial charge on any atom is -0.462 e. The van der Waals surface area contributed by atoms with Gasteiger partial charge in [0.2, 0.25) is 0 Å². The molecule has 1 unspecified atom stereocenters. The fourth-order valence-corrected chi connectivity index (χ4v) is 10.3. The smallest absolute Gasteiger partial charge is 0.309 e. The van der Waals surface area contributed by atoms with Crippen molar-refractivity contribution in [3.8, 4) is 0 Å². The first-order valence-electron chi connectivity index (χ1n) is 34.9. The average Bonchev–Trinajstić information content (AvgIpc) is 3.46. The highest BCUT2D eigenvalue weighted by Crippen LogP contribution is 2.18. The molecular weight excluding hydrogens is 985 g/mol. The molecule has 80 heavy (non-hydrogen) atoms. The van der Waals surface area contributed by atoms with Crippen LogP contribution < -0.4 is 0 Å². The molecule has 0 rings (SSSR count). The molecule has 0 aromatic rings. The second-order valence-electron chi connectivity index (χ2n) is 23.4. The molecule has 0 aromatic heterocycles. The van der Waals surface area contributed by atoms with Crippen molar-refractivity contribution < 1.29 is 28.6 Å². The van der Waals surface area contributed by atoms with Crippen LogP contribution in [0.15, 0.2) is 72.9 Å². The first-order valence-corrected chi connectivity index (χ1v) is 34.9. The summed E-state index contributed by atoms with van der Waals surface area (Å²) in [4.78, 5) is 38.3. The third-order valence-corrected chi connectivity index (χ3v) is 15.5. The van der Waals surface area contributed by atoms with E-state index in [4.69, 9.17) is 14.2 Å². The van der Waals surface area contributed by atoms with Gasteiger partial charge < -0.3 is 14.2 Å². The monoisotopic (exact) mass is 1120 g/mol. The highest BCUT2D eigenvalue weighted by atomic mass is 16.6. The number of hydrogen-bond donors (Lipinski definition) is 0. The molecule has 0 spiro atoms. The topological polar surface area (TPSA) is 78.9 Å². The van der Waals surface area contributed by atoms with Crippen LogP contribution >= 0.6 is 0 Å². The Morgan fingerprint density at radius 1 is 0.275 bits per heavy atom. The van der Waals surface area contributed by atoms with Crippen molar-refractivity contribution in [2.24, 2.45) is 0 Å². The first-order chi connectivity index (χ1) is 39.5. The van der Waals surface area contributed by atoms with Crippen molar-refractivity contribution in [2.75, 3.05) is 13.2 Å². The average molecular weight is 1120 g/mol. The summed E-state index contributed by atoms with van der Waals surface area (Å²) < 4.78 is 16.9. The Hall–Kier alpha value is -3.15. The summed E-state index contributed by atoms with van der Waals surface area (Å²) in [7, 11) is 0. The van der Waals surface area contributed by atoms with E-state index in [0.29, 0.717) is 12.8 Å². The van der Waals surface area contributed by atoms with Gasteiger partial charge in [0.15, 0.2) is 6.10 Å². The second-order valence-corrected chi connectivity index (χ2v) is 23.4. The van der Waals surface area contributed by atoms with E-state index >= 15 is 0 Å². The van der Waals surface area contributed by atoms with Gasteiger partial charge in [-0.3, -0.25) is 14.4 Å². The van der Waals surface area contributed by atoms with E-state index in [9.17, 15) is 14.4 Å². The van der Waals surface area contributed by atoms with Gasteiger partial charge in [0, 0.05) is 12.8 Å². The lowest BCUT2D eigenvalue weighted by molar-refractivity contribution is -0.166. The van der Waals surface area contributed by atoms with Crippen LogP contribution in [0.1, 0.15) is 361 Å². The minimum atomic E-state index is -0.814. The summed E-state index contributed by atoms with van der Waals surface area (Å²) in [6.45, 7) is 6.50. The standard InChI is InChI=1S/C74H132O6/c1-4-7-10-13-16-19-22-25-28-30-32-33-34-35-36-37-38-39-40-41-42-44-46-49-52-55-58-61-64-67-73(76)79-70-71(69-78-72(75)66-63-60-57-54-51-48-45-27-24-21-18-15-12-9-6-3)80-74(77)68-65-62-59-56-53-50-47-43-31-29-26-23-20-17-14-11-8-5-2/h9,12,18,21,27,30,32,45,51,54,60,63,71H,4-8,10-11,13-17,19-20,22-26,28-29,31,33-44,46-50,52-53,55-59,61-62,64-70H2,1-3H3/b12-9-,21-18-,32-30-,45-27-,54-51-,63-60-. The van der Waals surface area contributed by atoms with Crippen LogP contribution in [0.3, 0.4) is 0 Å². The van der Waals surface area contributed by atoms with Crippen LogP contribution in [0.5, 0.6) is 0 Å². The second kappa shape index (κ2) is 68.3. The van der Waals surface area contributed by atoms with Crippen molar-refractivity contribution in [3.63, 3.8) is 0 Å². The summed E-state index contributed by atoms with van der Waals surface area (Å²) in [6.07, 6.45) is 89.7. The van der Waals surface area contributed by atoms with Gasteiger partial charge in [0.1, 0.15) is 13.2 Å². The quantitative estimate of drug-likeness (QED) is 0.0261. The zero-order valence-corrected chi connectivity index (χ0v) is 53.3. The molecule has 0 N–H and O–H groups in total. The molecule has 0 aromatic carbocycles. The molecule has 6 nitrogen and oxygen atoms in total. The Morgan fingerprint density at radius 3 is 0.863 bits per heavy atom. The predicted molar refractivity (Wildman–Crippen MR) is 348 cm³/mol. The number of ether oxygens (including phenoxy) is 3. The lowest BCUT2D eigenvalue weighted by Gasteiger charge is -2.18. The van der Waals surface area contributed by atoms with Gasteiger partial charge in [-0.1, -0.05) is 344 Å². The van der Waals surface area contributed by atoms with E-state index in [1.165, 1.54) is 250 Å². The van der Waals surface area contributed by atoms with Crippen LogP contribution in [0, 0.1) is 0 Å². The maximum absolute atomic E-state index is 12.9. The van der Waals surface area contributed by atoms with Gasteiger partial charge in [0.25, 0.3) is 0 Å². The van der Waals surface area contributed by atoms with Gasteiger partial charge >= 0.3 is 17.9 Å². The van der Waals surface area contributed by atoms with Gasteiger partial charge in [-0.15, -0.1) is 0 Å². The Kier molecular flexibility index (Phi) is 65.7. The highest BCUT2D eigenvalue weighted by molar-refractivity contribution is 5.72. The summed E-state index contributed by atoms with van der Waals surface area (Å²) in [5.74, 6) is -1.01. The van der Waals surface area contributed by atoms with Crippen LogP contribution in [-0.4, -0.2) is 37.2 Å². The van der Waals surface area contributed by atoms with E-state index in [0.717, 1.165) is 70.6 Å². The molecule has 0 aliphatic carbocycles. The van der Waals surface area contributed by atoms with Crippen LogP contribution in [0.2, 0.25) is 0 Å². The Morgan fingerprint density at radius 2 is 0.537 bits per heavy atom. The minimum absolute atomic E-state index is 0.101. The van der Waals surface area contributed by atoms with Crippen molar-refractivity contribution in [2.45, 2.75) is 367 Å². The van der Waals surface area contributed by atoms with E-state index in [1.807, 2.05) is 12.2 Å². The summed E-state index contributed by atoms with van der Waals surface area (Å²) in [6, 6.07) is 0. The lowest BCUT2D eigenvalue weighted by atomic mass is 10.0. The summed E-state index contributed by atoms with van der Waals surface area (Å²) >= 11 is 0. The van der Waals surface area contributed by atoms with Crippen LogP contribution in [-0.2, 0) is 28.6 Å². The SMILES string of the molecule is CC/C=C\C/C=C\C/C=C\C/C=C\C/C=C\CC(=O)OCC(COC(=O)CCCCCCCCCCCCCCCCCCC/C=C\CCCCCCCCCC)OC(=O)CCCCCCCCCCCCCCCCCCCC. The van der Waals surface area contributed by atoms with Gasteiger partial charge in [-0.2, -0.15) is 0 Å². The number of allylic oxidation sites excluding steroid dienone is 11. The van der Waals surface area contributed by atoms with E-state index < -0.39 is 12.1 Å². The molecule has 0 radical (unpaired) electrons. The molecule has 0 heterocycles. The van der Waals surface area contributed by atoms with Crippen molar-refractivity contribution in [3.05, 3.63) is 72.9 Å². The molecule has 0 saturated heterocycles. The van der Waals surface area contributed by atoms with Gasteiger partial charge in [-0.05, 0) is 70.6 Å². The van der Waals surface area contributed by atoms with Gasteiger partial charge in [0.05, 0.1) is 6.42 Å². The van der Waals surface area contributed by atoms with E-state index in [1.54, 1.807) is 0 Å². The van der Waals surface area contributed by atoms with E-state index in [2.05, 4.69) is 81.5 Å². The van der Waals surface area contributed by atoms with Gasteiger partial charge in [-0.25, -0.2) is 0 Å². The van der Waals surface area contributed by atoms with Crippen molar-refractivity contribution >= 4 is 17.9 Å². The molecule has 464 valence electrons. The molecule has 0 amide bonds. The van der Waals surface area contributed by atoms with Crippen LogP contribution in [0.25, 0.3) is 0 Å². The van der Waals surface area contributed by atoms with E-state index in [-0.39, 0.29) is 31.6 Å². The molecule has 0 aliphatic rings. The largest absolute Gasteiger partial charge is 0.462 e. The molecule has 0 fully saturated rings. The molecule has 6 heteroatoms. The number of carbonyl (C=O) groups excluding carboxylic acids is 3. The lowest BCUT2D eigenvalue weighted by Crippen LogP contribution is -2.30. The number of carbonyl (C=O) groups is 3. The molecule has 0 saturated carbocycles. The number of esters is 3. The Labute approximate surface area is 497 Å². The molecule has 0 bridgehead atoms. The number of hydrogen-bond acceptors (Lipinski definition) is 6. The number of rotatable bonds is 64.